The number of rotatable bonds is 4. The molecule has 6 heteroatoms. The topological polar surface area (TPSA) is 92.2 Å². The SMILES string of the molecule is Cc1ccncc1CNC(=O)c1ccc(C(=O)O)cn1. The van der Waals surface area contributed by atoms with Crippen molar-refractivity contribution in [2.24, 2.45) is 0 Å². The molecule has 0 aliphatic rings. The molecule has 2 N–H and O–H groups in total. The summed E-state index contributed by atoms with van der Waals surface area (Å²) in [4.78, 5) is 30.4. The van der Waals surface area contributed by atoms with Crippen LogP contribution in [0.25, 0.3) is 0 Å². The standard InChI is InChI=1S/C14H13N3O3/c1-9-4-5-15-6-11(9)8-17-13(18)12-3-2-10(7-16-12)14(19)20/h2-7H,8H2,1H3,(H,17,18)(H,19,20). The molecule has 0 atom stereocenters. The first-order valence-corrected chi connectivity index (χ1v) is 5.95. The van der Waals surface area contributed by atoms with E-state index in [1.54, 1.807) is 12.4 Å². The molecule has 0 saturated heterocycles. The first kappa shape index (κ1) is 13.7. The van der Waals surface area contributed by atoms with E-state index in [1.807, 2.05) is 13.0 Å². The number of carboxylic acids is 1. The maximum atomic E-state index is 11.9. The van der Waals surface area contributed by atoms with E-state index in [2.05, 4.69) is 15.3 Å². The summed E-state index contributed by atoms with van der Waals surface area (Å²) in [6, 6.07) is 4.59. The highest BCUT2D eigenvalue weighted by Crippen LogP contribution is 2.05. The van der Waals surface area contributed by atoms with Crippen LogP contribution >= 0.6 is 0 Å². The van der Waals surface area contributed by atoms with E-state index in [-0.39, 0.29) is 17.2 Å². The summed E-state index contributed by atoms with van der Waals surface area (Å²) in [5, 5.41) is 11.5. The Morgan fingerprint density at radius 2 is 2.05 bits per heavy atom. The van der Waals surface area contributed by atoms with E-state index < -0.39 is 5.97 Å². The van der Waals surface area contributed by atoms with Gasteiger partial charge in [0.2, 0.25) is 0 Å². The minimum Gasteiger partial charge on any atom is -0.478 e. The summed E-state index contributed by atoms with van der Waals surface area (Å²) in [5.41, 5.74) is 2.18. The molecule has 0 saturated carbocycles. The van der Waals surface area contributed by atoms with Gasteiger partial charge in [0, 0.05) is 25.1 Å². The number of carbonyl (C=O) groups excluding carboxylic acids is 1. The molecule has 0 fully saturated rings. The molecular formula is C14H13N3O3. The van der Waals surface area contributed by atoms with Crippen molar-refractivity contribution < 1.29 is 14.7 Å². The molecule has 2 heterocycles. The van der Waals surface area contributed by atoms with Crippen LogP contribution in [0.5, 0.6) is 0 Å². The van der Waals surface area contributed by atoms with Crippen LogP contribution < -0.4 is 5.32 Å². The third-order valence-corrected chi connectivity index (χ3v) is 2.83. The number of nitrogens with one attached hydrogen (secondary N) is 1. The third-order valence-electron chi connectivity index (χ3n) is 2.83. The van der Waals surface area contributed by atoms with Gasteiger partial charge in [0.15, 0.2) is 0 Å². The van der Waals surface area contributed by atoms with Gasteiger partial charge in [-0.15, -0.1) is 0 Å². The van der Waals surface area contributed by atoms with Crippen molar-refractivity contribution in [2.45, 2.75) is 13.5 Å². The van der Waals surface area contributed by atoms with Crippen LogP contribution in [0.3, 0.4) is 0 Å². The van der Waals surface area contributed by atoms with Crippen LogP contribution in [-0.4, -0.2) is 27.0 Å². The number of hydrogen-bond acceptors (Lipinski definition) is 4. The van der Waals surface area contributed by atoms with Gasteiger partial charge in [0.25, 0.3) is 5.91 Å². The Labute approximate surface area is 115 Å². The Balaban J connectivity index is 2.02. The molecule has 0 aromatic carbocycles. The molecule has 2 aromatic heterocycles. The summed E-state index contributed by atoms with van der Waals surface area (Å²) < 4.78 is 0. The lowest BCUT2D eigenvalue weighted by atomic mass is 10.1. The number of amides is 1. The quantitative estimate of drug-likeness (QED) is 0.877. The number of aryl methyl sites for hydroxylation is 1. The second-order valence-electron chi connectivity index (χ2n) is 4.22. The predicted octanol–water partition coefficient (Wildman–Crippen LogP) is 1.41. The maximum Gasteiger partial charge on any atom is 0.337 e. The molecule has 0 unspecified atom stereocenters. The molecule has 20 heavy (non-hydrogen) atoms. The van der Waals surface area contributed by atoms with Gasteiger partial charge in [-0.25, -0.2) is 4.79 Å². The minimum absolute atomic E-state index is 0.0460. The summed E-state index contributed by atoms with van der Waals surface area (Å²) in [6.07, 6.45) is 4.54. The summed E-state index contributed by atoms with van der Waals surface area (Å²) in [6.45, 7) is 2.28. The fourth-order valence-corrected chi connectivity index (χ4v) is 1.60. The second kappa shape index (κ2) is 5.92. The fourth-order valence-electron chi connectivity index (χ4n) is 1.60. The van der Waals surface area contributed by atoms with Crippen molar-refractivity contribution in [3.8, 4) is 0 Å². The molecule has 0 bridgehead atoms. The molecule has 0 aliphatic carbocycles. The lowest BCUT2D eigenvalue weighted by Crippen LogP contribution is -2.24. The largest absolute Gasteiger partial charge is 0.478 e. The van der Waals surface area contributed by atoms with Gasteiger partial charge >= 0.3 is 5.97 Å². The summed E-state index contributed by atoms with van der Waals surface area (Å²) in [7, 11) is 0. The first-order valence-electron chi connectivity index (χ1n) is 5.95. The molecule has 102 valence electrons. The highest BCUT2D eigenvalue weighted by atomic mass is 16.4. The average molecular weight is 271 g/mol. The Bertz CT molecular complexity index is 638. The van der Waals surface area contributed by atoms with E-state index in [9.17, 15) is 9.59 Å². The molecule has 0 aliphatic heterocycles. The number of nitrogens with zero attached hydrogens (tertiary/aromatic N) is 2. The zero-order valence-corrected chi connectivity index (χ0v) is 10.8. The second-order valence-corrected chi connectivity index (χ2v) is 4.22. The molecule has 2 aromatic rings. The van der Waals surface area contributed by atoms with Gasteiger partial charge in [-0.2, -0.15) is 0 Å². The minimum atomic E-state index is -1.07. The van der Waals surface area contributed by atoms with E-state index in [0.717, 1.165) is 17.3 Å². The van der Waals surface area contributed by atoms with Crippen LogP contribution in [0.4, 0.5) is 0 Å². The third kappa shape index (κ3) is 3.17. The van der Waals surface area contributed by atoms with Crippen LogP contribution in [0, 0.1) is 6.92 Å². The van der Waals surface area contributed by atoms with Crippen LogP contribution in [-0.2, 0) is 6.54 Å². The molecule has 0 spiro atoms. The average Bonchev–Trinajstić information content (AvgIpc) is 2.46. The molecule has 2 rings (SSSR count). The van der Waals surface area contributed by atoms with Crippen molar-refractivity contribution in [2.75, 3.05) is 0 Å². The van der Waals surface area contributed by atoms with Crippen molar-refractivity contribution >= 4 is 11.9 Å². The smallest absolute Gasteiger partial charge is 0.337 e. The number of aromatic nitrogens is 2. The van der Waals surface area contributed by atoms with E-state index in [0.29, 0.717) is 6.54 Å². The highest BCUT2D eigenvalue weighted by Gasteiger charge is 2.09. The van der Waals surface area contributed by atoms with Gasteiger partial charge in [0.05, 0.1) is 5.56 Å². The molecule has 6 nitrogen and oxygen atoms in total. The highest BCUT2D eigenvalue weighted by molar-refractivity contribution is 5.93. The van der Waals surface area contributed by atoms with Gasteiger partial charge in [-0.3, -0.25) is 14.8 Å². The molecular weight excluding hydrogens is 258 g/mol. The predicted molar refractivity (Wildman–Crippen MR) is 71.3 cm³/mol. The summed E-state index contributed by atoms with van der Waals surface area (Å²) >= 11 is 0. The lowest BCUT2D eigenvalue weighted by molar-refractivity contribution is 0.0695. The van der Waals surface area contributed by atoms with E-state index >= 15 is 0 Å². The van der Waals surface area contributed by atoms with Gasteiger partial charge in [0.1, 0.15) is 5.69 Å². The van der Waals surface area contributed by atoms with Crippen molar-refractivity contribution in [3.63, 3.8) is 0 Å². The van der Waals surface area contributed by atoms with Crippen molar-refractivity contribution in [1.29, 1.82) is 0 Å². The fraction of sp³-hybridized carbons (Fsp3) is 0.143. The van der Waals surface area contributed by atoms with Crippen molar-refractivity contribution in [3.05, 3.63) is 59.2 Å². The van der Waals surface area contributed by atoms with Crippen LogP contribution in [0.15, 0.2) is 36.8 Å². The first-order chi connectivity index (χ1) is 9.58. The normalized spacial score (nSPS) is 10.1. The zero-order chi connectivity index (χ0) is 14.5. The number of hydrogen-bond donors (Lipinski definition) is 2. The van der Waals surface area contributed by atoms with Gasteiger partial charge in [-0.1, -0.05) is 0 Å². The lowest BCUT2D eigenvalue weighted by Gasteiger charge is -2.07. The molecule has 1 amide bonds. The Hall–Kier alpha value is -2.76. The van der Waals surface area contributed by atoms with E-state index in [4.69, 9.17) is 5.11 Å². The zero-order valence-electron chi connectivity index (χ0n) is 10.8. The molecule has 0 radical (unpaired) electrons. The van der Waals surface area contributed by atoms with Gasteiger partial charge in [-0.05, 0) is 36.2 Å². The monoisotopic (exact) mass is 271 g/mol. The Kier molecular flexibility index (Phi) is 4.05. The maximum absolute atomic E-state index is 11.9. The number of carbonyl (C=O) groups is 2. The summed E-state index contributed by atoms with van der Waals surface area (Å²) in [5.74, 6) is -1.43. The van der Waals surface area contributed by atoms with E-state index in [1.165, 1.54) is 12.1 Å². The van der Waals surface area contributed by atoms with Crippen molar-refractivity contribution in [1.82, 2.24) is 15.3 Å². The van der Waals surface area contributed by atoms with Gasteiger partial charge < -0.3 is 10.4 Å². The Morgan fingerprint density at radius 1 is 1.25 bits per heavy atom. The van der Waals surface area contributed by atoms with Crippen LogP contribution in [0.2, 0.25) is 0 Å². The number of pyridine rings is 2. The number of carboxylic acid groups (broad SMARTS) is 1. The Morgan fingerprint density at radius 3 is 2.65 bits per heavy atom. The number of aromatic carboxylic acids is 1. The van der Waals surface area contributed by atoms with Crippen LogP contribution in [0.1, 0.15) is 32.0 Å².